The number of hydrogen-bond donors (Lipinski definition) is 1. The van der Waals surface area contributed by atoms with Crippen LogP contribution in [0.5, 0.6) is 0 Å². The molecule has 1 N–H and O–H groups in total. The van der Waals surface area contributed by atoms with Crippen molar-refractivity contribution in [3.63, 3.8) is 0 Å². The SMILES string of the molecule is Cc1ccc(CN2CCC(=O)NC(C)(C)C2=O)o1. The molecule has 2 rings (SSSR count). The second kappa shape index (κ2) is 4.48. The van der Waals surface area contributed by atoms with Gasteiger partial charge < -0.3 is 14.6 Å². The second-order valence-corrected chi connectivity index (χ2v) is 5.16. The minimum atomic E-state index is -0.852. The van der Waals surface area contributed by atoms with Gasteiger partial charge in [0.05, 0.1) is 6.54 Å². The number of hydrogen-bond acceptors (Lipinski definition) is 3. The molecule has 1 aromatic heterocycles. The highest BCUT2D eigenvalue weighted by Gasteiger charge is 2.36. The number of carbonyl (C=O) groups is 2. The van der Waals surface area contributed by atoms with Crippen molar-refractivity contribution in [2.45, 2.75) is 39.3 Å². The fourth-order valence-corrected chi connectivity index (χ4v) is 2.11. The Morgan fingerprint density at radius 3 is 2.72 bits per heavy atom. The van der Waals surface area contributed by atoms with Crippen LogP contribution >= 0.6 is 0 Å². The predicted molar refractivity (Wildman–Crippen MR) is 65.7 cm³/mol. The van der Waals surface area contributed by atoms with E-state index in [1.165, 1.54) is 0 Å². The summed E-state index contributed by atoms with van der Waals surface area (Å²) in [5.74, 6) is 1.39. The summed E-state index contributed by atoms with van der Waals surface area (Å²) in [7, 11) is 0. The third kappa shape index (κ3) is 2.55. The average Bonchev–Trinajstić information content (AvgIpc) is 2.64. The molecule has 2 amide bonds. The van der Waals surface area contributed by atoms with Crippen molar-refractivity contribution in [2.24, 2.45) is 0 Å². The fraction of sp³-hybridized carbons (Fsp3) is 0.538. The molecule has 1 saturated heterocycles. The first-order valence-corrected chi connectivity index (χ1v) is 6.04. The number of furan rings is 1. The molecule has 1 aliphatic heterocycles. The standard InChI is InChI=1S/C13H18N2O3/c1-9-4-5-10(18-9)8-15-7-6-11(16)14-13(2,3)12(15)17/h4-5H,6-8H2,1-3H3,(H,14,16). The van der Waals surface area contributed by atoms with Crippen LogP contribution in [0.15, 0.2) is 16.5 Å². The van der Waals surface area contributed by atoms with Crippen LogP contribution in [0.1, 0.15) is 31.8 Å². The predicted octanol–water partition coefficient (Wildman–Crippen LogP) is 1.22. The van der Waals surface area contributed by atoms with Gasteiger partial charge in [0, 0.05) is 13.0 Å². The maximum atomic E-state index is 12.3. The van der Waals surface area contributed by atoms with E-state index in [0.29, 0.717) is 19.5 Å². The molecule has 0 atom stereocenters. The molecule has 1 aromatic rings. The fourth-order valence-electron chi connectivity index (χ4n) is 2.11. The van der Waals surface area contributed by atoms with E-state index in [2.05, 4.69) is 5.32 Å². The summed E-state index contributed by atoms with van der Waals surface area (Å²) in [6.45, 7) is 6.14. The summed E-state index contributed by atoms with van der Waals surface area (Å²) in [5, 5.41) is 2.73. The van der Waals surface area contributed by atoms with Gasteiger partial charge >= 0.3 is 0 Å². The van der Waals surface area contributed by atoms with E-state index in [1.54, 1.807) is 18.7 Å². The largest absolute Gasteiger partial charge is 0.464 e. The first-order valence-electron chi connectivity index (χ1n) is 6.04. The molecule has 2 heterocycles. The molecular weight excluding hydrogens is 232 g/mol. The second-order valence-electron chi connectivity index (χ2n) is 5.16. The van der Waals surface area contributed by atoms with Gasteiger partial charge in [-0.05, 0) is 32.9 Å². The third-order valence-electron chi connectivity index (χ3n) is 3.03. The zero-order valence-electron chi connectivity index (χ0n) is 10.9. The average molecular weight is 250 g/mol. The number of amides is 2. The number of rotatable bonds is 2. The smallest absolute Gasteiger partial charge is 0.248 e. The molecule has 0 spiro atoms. The normalized spacial score (nSPS) is 19.6. The van der Waals surface area contributed by atoms with Crippen LogP contribution in [0.4, 0.5) is 0 Å². The van der Waals surface area contributed by atoms with Crippen LogP contribution in [-0.2, 0) is 16.1 Å². The molecule has 0 saturated carbocycles. The Kier molecular flexibility index (Phi) is 3.15. The Labute approximate surface area is 106 Å². The molecule has 1 fully saturated rings. The maximum Gasteiger partial charge on any atom is 0.248 e. The Bertz CT molecular complexity index is 476. The lowest BCUT2D eigenvalue weighted by molar-refractivity contribution is -0.138. The molecular formula is C13H18N2O3. The molecule has 5 heteroatoms. The summed E-state index contributed by atoms with van der Waals surface area (Å²) in [6, 6.07) is 3.72. The lowest BCUT2D eigenvalue weighted by Gasteiger charge is -2.28. The molecule has 0 aliphatic carbocycles. The summed E-state index contributed by atoms with van der Waals surface area (Å²) in [4.78, 5) is 25.5. The van der Waals surface area contributed by atoms with Crippen LogP contribution < -0.4 is 5.32 Å². The van der Waals surface area contributed by atoms with Gasteiger partial charge in [-0.3, -0.25) is 9.59 Å². The molecule has 5 nitrogen and oxygen atoms in total. The van der Waals surface area contributed by atoms with Crippen molar-refractivity contribution in [3.8, 4) is 0 Å². The minimum absolute atomic E-state index is 0.0811. The van der Waals surface area contributed by atoms with Gasteiger partial charge in [-0.15, -0.1) is 0 Å². The van der Waals surface area contributed by atoms with Crippen LogP contribution in [0.2, 0.25) is 0 Å². The first kappa shape index (κ1) is 12.7. The van der Waals surface area contributed by atoms with E-state index in [1.807, 2.05) is 19.1 Å². The number of nitrogens with zero attached hydrogens (tertiary/aromatic N) is 1. The van der Waals surface area contributed by atoms with E-state index < -0.39 is 5.54 Å². The van der Waals surface area contributed by atoms with E-state index >= 15 is 0 Å². The van der Waals surface area contributed by atoms with Gasteiger partial charge in [-0.1, -0.05) is 0 Å². The number of carbonyl (C=O) groups excluding carboxylic acids is 2. The molecule has 0 aromatic carbocycles. The highest BCUT2D eigenvalue weighted by Crippen LogP contribution is 2.17. The zero-order chi connectivity index (χ0) is 13.3. The summed E-state index contributed by atoms with van der Waals surface area (Å²) < 4.78 is 5.47. The summed E-state index contributed by atoms with van der Waals surface area (Å²) in [6.07, 6.45) is 0.328. The molecule has 0 radical (unpaired) electrons. The Morgan fingerprint density at radius 1 is 1.39 bits per heavy atom. The Morgan fingerprint density at radius 2 is 2.11 bits per heavy atom. The van der Waals surface area contributed by atoms with Crippen molar-refractivity contribution in [3.05, 3.63) is 23.7 Å². The van der Waals surface area contributed by atoms with Gasteiger partial charge in [-0.2, -0.15) is 0 Å². The maximum absolute atomic E-state index is 12.3. The van der Waals surface area contributed by atoms with Gasteiger partial charge in [0.2, 0.25) is 11.8 Å². The van der Waals surface area contributed by atoms with Crippen molar-refractivity contribution in [1.29, 1.82) is 0 Å². The molecule has 98 valence electrons. The lowest BCUT2D eigenvalue weighted by atomic mass is 10.0. The summed E-state index contributed by atoms with van der Waals surface area (Å²) in [5.41, 5.74) is -0.852. The Balaban J connectivity index is 2.16. The van der Waals surface area contributed by atoms with E-state index in [9.17, 15) is 9.59 Å². The van der Waals surface area contributed by atoms with Crippen LogP contribution in [-0.4, -0.2) is 28.8 Å². The van der Waals surface area contributed by atoms with Crippen molar-refractivity contribution in [2.75, 3.05) is 6.54 Å². The van der Waals surface area contributed by atoms with E-state index in [-0.39, 0.29) is 11.8 Å². The van der Waals surface area contributed by atoms with Gasteiger partial charge in [-0.25, -0.2) is 0 Å². The van der Waals surface area contributed by atoms with Crippen LogP contribution in [0.25, 0.3) is 0 Å². The molecule has 0 bridgehead atoms. The zero-order valence-corrected chi connectivity index (χ0v) is 10.9. The number of nitrogens with one attached hydrogen (secondary N) is 1. The topological polar surface area (TPSA) is 62.6 Å². The summed E-state index contributed by atoms with van der Waals surface area (Å²) >= 11 is 0. The lowest BCUT2D eigenvalue weighted by Crippen LogP contribution is -2.52. The highest BCUT2D eigenvalue weighted by atomic mass is 16.3. The van der Waals surface area contributed by atoms with Crippen molar-refractivity contribution >= 4 is 11.8 Å². The Hall–Kier alpha value is -1.78. The number of aryl methyl sites for hydroxylation is 1. The van der Waals surface area contributed by atoms with Gasteiger partial charge in [0.1, 0.15) is 17.1 Å². The van der Waals surface area contributed by atoms with Crippen molar-refractivity contribution < 1.29 is 14.0 Å². The highest BCUT2D eigenvalue weighted by molar-refractivity contribution is 5.92. The van der Waals surface area contributed by atoms with E-state index in [4.69, 9.17) is 4.42 Å². The molecule has 18 heavy (non-hydrogen) atoms. The molecule has 1 aliphatic rings. The van der Waals surface area contributed by atoms with Crippen LogP contribution in [0.3, 0.4) is 0 Å². The van der Waals surface area contributed by atoms with Gasteiger partial charge in [0.25, 0.3) is 0 Å². The first-order chi connectivity index (χ1) is 8.38. The minimum Gasteiger partial charge on any atom is -0.464 e. The monoisotopic (exact) mass is 250 g/mol. The third-order valence-corrected chi connectivity index (χ3v) is 3.03. The molecule has 0 unspecified atom stereocenters. The van der Waals surface area contributed by atoms with E-state index in [0.717, 1.165) is 11.5 Å². The van der Waals surface area contributed by atoms with Crippen LogP contribution in [0, 0.1) is 6.92 Å². The quantitative estimate of drug-likeness (QED) is 0.858. The van der Waals surface area contributed by atoms with Gasteiger partial charge in [0.15, 0.2) is 0 Å². The van der Waals surface area contributed by atoms with Crippen molar-refractivity contribution in [1.82, 2.24) is 10.2 Å².